The second-order valence-corrected chi connectivity index (χ2v) is 6.49. The van der Waals surface area contributed by atoms with Crippen LogP contribution in [0.1, 0.15) is 52.0 Å². The van der Waals surface area contributed by atoms with Gasteiger partial charge in [0.15, 0.2) is 0 Å². The largest absolute Gasteiger partial charge is 0.497 e. The number of methoxy groups -OCH3 is 1. The normalized spacial score (nSPS) is 14.0. The van der Waals surface area contributed by atoms with Crippen LogP contribution in [0.5, 0.6) is 5.75 Å². The Morgan fingerprint density at radius 1 is 1.24 bits per heavy atom. The van der Waals surface area contributed by atoms with E-state index in [9.17, 15) is 0 Å². The van der Waals surface area contributed by atoms with Crippen molar-refractivity contribution in [3.8, 4) is 5.75 Å². The van der Waals surface area contributed by atoms with Gasteiger partial charge in [0.25, 0.3) is 0 Å². The molecule has 0 aromatic heterocycles. The zero-order valence-electron chi connectivity index (χ0n) is 13.9. The quantitative estimate of drug-likeness (QED) is 0.623. The molecule has 1 N–H and O–H groups in total. The molecule has 2 atom stereocenters. The lowest BCUT2D eigenvalue weighted by Gasteiger charge is -2.28. The minimum atomic E-state index is 0.537. The molecule has 0 aliphatic carbocycles. The molecule has 2 nitrogen and oxygen atoms in total. The Hall–Kier alpha value is -0.540. The fourth-order valence-corrected chi connectivity index (χ4v) is 3.30. The number of hydrogen-bond acceptors (Lipinski definition) is 2. The third kappa shape index (κ3) is 5.99. The van der Waals surface area contributed by atoms with Gasteiger partial charge in [-0.15, -0.1) is 0 Å². The second-order valence-electron chi connectivity index (χ2n) is 5.64. The van der Waals surface area contributed by atoms with Gasteiger partial charge in [0.1, 0.15) is 5.75 Å². The van der Waals surface area contributed by atoms with Crippen LogP contribution in [-0.2, 0) is 6.42 Å². The average molecular weight is 356 g/mol. The van der Waals surface area contributed by atoms with Gasteiger partial charge in [0.05, 0.1) is 7.11 Å². The van der Waals surface area contributed by atoms with Gasteiger partial charge < -0.3 is 10.1 Å². The molecule has 0 fully saturated rings. The predicted molar refractivity (Wildman–Crippen MR) is 95.2 cm³/mol. The molecule has 2 unspecified atom stereocenters. The van der Waals surface area contributed by atoms with Crippen LogP contribution in [0.4, 0.5) is 0 Å². The van der Waals surface area contributed by atoms with Crippen molar-refractivity contribution < 1.29 is 4.74 Å². The van der Waals surface area contributed by atoms with Crippen LogP contribution in [-0.4, -0.2) is 19.7 Å². The van der Waals surface area contributed by atoms with E-state index in [1.165, 1.54) is 35.7 Å². The van der Waals surface area contributed by atoms with Crippen LogP contribution in [0.25, 0.3) is 0 Å². The molecule has 3 heteroatoms. The molecular weight excluding hydrogens is 326 g/mol. The van der Waals surface area contributed by atoms with Gasteiger partial charge >= 0.3 is 0 Å². The van der Waals surface area contributed by atoms with Gasteiger partial charge in [-0.05, 0) is 49.1 Å². The highest BCUT2D eigenvalue weighted by molar-refractivity contribution is 9.10. The highest BCUT2D eigenvalue weighted by Crippen LogP contribution is 2.27. The summed E-state index contributed by atoms with van der Waals surface area (Å²) in [6.45, 7) is 7.80. The lowest BCUT2D eigenvalue weighted by Crippen LogP contribution is -2.38. The predicted octanol–water partition coefficient (Wildman–Crippen LogP) is 5.19. The maximum Gasteiger partial charge on any atom is 0.119 e. The Kier molecular flexibility index (Phi) is 9.02. The van der Waals surface area contributed by atoms with E-state index in [0.717, 1.165) is 24.6 Å². The molecule has 120 valence electrons. The monoisotopic (exact) mass is 355 g/mol. The molecule has 0 amide bonds. The number of benzene rings is 1. The van der Waals surface area contributed by atoms with E-state index in [1.807, 2.05) is 6.07 Å². The Balaban J connectivity index is 2.85. The van der Waals surface area contributed by atoms with Crippen LogP contribution >= 0.6 is 15.9 Å². The van der Waals surface area contributed by atoms with Gasteiger partial charge in [-0.1, -0.05) is 56.0 Å². The molecule has 1 rings (SSSR count). The molecule has 21 heavy (non-hydrogen) atoms. The molecule has 0 aliphatic rings. The summed E-state index contributed by atoms with van der Waals surface area (Å²) in [4.78, 5) is 0. The molecule has 0 heterocycles. The van der Waals surface area contributed by atoms with Crippen molar-refractivity contribution in [2.45, 2.75) is 58.9 Å². The Bertz CT molecular complexity index is 408. The summed E-state index contributed by atoms with van der Waals surface area (Å²) in [6, 6.07) is 6.78. The van der Waals surface area contributed by atoms with E-state index < -0.39 is 0 Å². The molecule has 1 aromatic rings. The second kappa shape index (κ2) is 10.2. The minimum absolute atomic E-state index is 0.537. The van der Waals surface area contributed by atoms with Crippen molar-refractivity contribution in [3.63, 3.8) is 0 Å². The SMILES string of the molecule is CCCCC(CC)C(Cc1cc(OC)ccc1Br)NCC. The first-order valence-electron chi connectivity index (χ1n) is 8.21. The summed E-state index contributed by atoms with van der Waals surface area (Å²) in [6.07, 6.45) is 6.19. The van der Waals surface area contributed by atoms with E-state index in [1.54, 1.807) is 7.11 Å². The van der Waals surface area contributed by atoms with E-state index in [2.05, 4.69) is 54.2 Å². The zero-order chi connectivity index (χ0) is 15.7. The first kappa shape index (κ1) is 18.5. The molecule has 1 aromatic carbocycles. The summed E-state index contributed by atoms with van der Waals surface area (Å²) in [5, 5.41) is 3.69. The minimum Gasteiger partial charge on any atom is -0.497 e. The summed E-state index contributed by atoms with van der Waals surface area (Å²) in [5.74, 6) is 1.67. The first-order chi connectivity index (χ1) is 10.2. The van der Waals surface area contributed by atoms with Crippen LogP contribution in [0.3, 0.4) is 0 Å². The Labute approximate surface area is 138 Å². The highest BCUT2D eigenvalue weighted by atomic mass is 79.9. The van der Waals surface area contributed by atoms with E-state index in [4.69, 9.17) is 4.74 Å². The number of halogens is 1. The lowest BCUT2D eigenvalue weighted by atomic mass is 9.87. The highest BCUT2D eigenvalue weighted by Gasteiger charge is 2.20. The molecule has 0 radical (unpaired) electrons. The van der Waals surface area contributed by atoms with Crippen molar-refractivity contribution in [2.24, 2.45) is 5.92 Å². The molecule has 0 saturated carbocycles. The van der Waals surface area contributed by atoms with Gasteiger partial charge in [0.2, 0.25) is 0 Å². The molecule has 0 bridgehead atoms. The summed E-state index contributed by atoms with van der Waals surface area (Å²) in [7, 11) is 1.73. The number of nitrogens with one attached hydrogen (secondary N) is 1. The molecular formula is C18H30BrNO. The third-order valence-electron chi connectivity index (χ3n) is 4.18. The number of unbranched alkanes of at least 4 members (excludes halogenated alkanes) is 1. The Morgan fingerprint density at radius 2 is 2.00 bits per heavy atom. The van der Waals surface area contributed by atoms with Crippen LogP contribution in [0, 0.1) is 5.92 Å². The number of ether oxygens (including phenoxy) is 1. The maximum atomic E-state index is 5.36. The summed E-state index contributed by atoms with van der Waals surface area (Å²) >= 11 is 3.68. The third-order valence-corrected chi connectivity index (χ3v) is 4.95. The number of likely N-dealkylation sites (N-methyl/N-ethyl adjacent to an activating group) is 1. The fourth-order valence-electron chi connectivity index (χ4n) is 2.90. The number of hydrogen-bond donors (Lipinski definition) is 1. The van der Waals surface area contributed by atoms with Crippen LogP contribution in [0.2, 0.25) is 0 Å². The standard InChI is InChI=1S/C18H30BrNO/c1-5-8-9-14(6-2)18(20-7-3)13-15-12-16(21-4)10-11-17(15)19/h10-12,14,18,20H,5-9,13H2,1-4H3. The van der Waals surface area contributed by atoms with E-state index in [-0.39, 0.29) is 0 Å². The summed E-state index contributed by atoms with van der Waals surface area (Å²) < 4.78 is 6.54. The lowest BCUT2D eigenvalue weighted by molar-refractivity contribution is 0.319. The zero-order valence-corrected chi connectivity index (χ0v) is 15.5. The molecule has 0 saturated heterocycles. The van der Waals surface area contributed by atoms with E-state index >= 15 is 0 Å². The van der Waals surface area contributed by atoms with Gasteiger partial charge in [-0.2, -0.15) is 0 Å². The smallest absolute Gasteiger partial charge is 0.119 e. The van der Waals surface area contributed by atoms with Gasteiger partial charge in [0, 0.05) is 10.5 Å². The first-order valence-corrected chi connectivity index (χ1v) is 9.01. The van der Waals surface area contributed by atoms with Gasteiger partial charge in [-0.25, -0.2) is 0 Å². The topological polar surface area (TPSA) is 21.3 Å². The van der Waals surface area contributed by atoms with Crippen molar-refractivity contribution in [1.82, 2.24) is 5.32 Å². The van der Waals surface area contributed by atoms with E-state index in [0.29, 0.717) is 6.04 Å². The average Bonchev–Trinajstić information content (AvgIpc) is 2.50. The van der Waals surface area contributed by atoms with Crippen molar-refractivity contribution in [1.29, 1.82) is 0 Å². The van der Waals surface area contributed by atoms with Crippen molar-refractivity contribution in [3.05, 3.63) is 28.2 Å². The van der Waals surface area contributed by atoms with Crippen molar-refractivity contribution in [2.75, 3.05) is 13.7 Å². The van der Waals surface area contributed by atoms with Crippen LogP contribution < -0.4 is 10.1 Å². The van der Waals surface area contributed by atoms with Gasteiger partial charge in [-0.3, -0.25) is 0 Å². The molecule has 0 spiro atoms. The molecule has 0 aliphatic heterocycles. The maximum absolute atomic E-state index is 5.36. The summed E-state index contributed by atoms with van der Waals surface area (Å²) in [5.41, 5.74) is 1.33. The fraction of sp³-hybridized carbons (Fsp3) is 0.667. The Morgan fingerprint density at radius 3 is 2.57 bits per heavy atom. The van der Waals surface area contributed by atoms with Crippen LogP contribution in [0.15, 0.2) is 22.7 Å². The van der Waals surface area contributed by atoms with Crippen molar-refractivity contribution >= 4 is 15.9 Å². The number of rotatable bonds is 10.